The van der Waals surface area contributed by atoms with Gasteiger partial charge in [-0.25, -0.2) is 9.97 Å². The summed E-state index contributed by atoms with van der Waals surface area (Å²) in [6, 6.07) is 0. The summed E-state index contributed by atoms with van der Waals surface area (Å²) in [4.78, 5) is 11.8. The standard InChI is InChI=1S/C16H23N3O2S/c1-4-20-13(21-5-2)9-17-15-14-11-7-6-8-12(11)22-16(14)19-10(3)18-15/h13H,4-9H2,1-3H3,(H,17,18,19). The lowest BCUT2D eigenvalue weighted by Crippen LogP contribution is -2.27. The minimum absolute atomic E-state index is 0.244. The van der Waals surface area contributed by atoms with E-state index in [1.165, 1.54) is 28.7 Å². The topological polar surface area (TPSA) is 56.3 Å². The summed E-state index contributed by atoms with van der Waals surface area (Å²) in [6.45, 7) is 7.77. The van der Waals surface area contributed by atoms with Crippen molar-refractivity contribution in [2.75, 3.05) is 25.1 Å². The highest BCUT2D eigenvalue weighted by Crippen LogP contribution is 2.39. The molecule has 2 aromatic rings. The van der Waals surface area contributed by atoms with Crippen LogP contribution < -0.4 is 5.32 Å². The lowest BCUT2D eigenvalue weighted by molar-refractivity contribution is -0.126. The first kappa shape index (κ1) is 15.6. The minimum Gasteiger partial charge on any atom is -0.364 e. The molecule has 0 atom stereocenters. The van der Waals surface area contributed by atoms with Gasteiger partial charge in [0, 0.05) is 18.1 Å². The van der Waals surface area contributed by atoms with Crippen LogP contribution in [0.5, 0.6) is 0 Å². The van der Waals surface area contributed by atoms with E-state index in [-0.39, 0.29) is 6.29 Å². The van der Waals surface area contributed by atoms with E-state index in [0.29, 0.717) is 19.8 Å². The molecule has 0 saturated heterocycles. The second kappa shape index (κ2) is 6.89. The molecule has 2 heterocycles. The van der Waals surface area contributed by atoms with Crippen molar-refractivity contribution in [2.45, 2.75) is 46.3 Å². The third-order valence-electron chi connectivity index (χ3n) is 3.82. The third-order valence-corrected chi connectivity index (χ3v) is 5.00. The molecule has 1 N–H and O–H groups in total. The molecule has 0 bridgehead atoms. The van der Waals surface area contributed by atoms with E-state index in [9.17, 15) is 0 Å². The molecule has 5 nitrogen and oxygen atoms in total. The third kappa shape index (κ3) is 3.09. The predicted molar refractivity (Wildman–Crippen MR) is 89.7 cm³/mol. The Morgan fingerprint density at radius 1 is 1.18 bits per heavy atom. The van der Waals surface area contributed by atoms with Gasteiger partial charge >= 0.3 is 0 Å². The highest BCUT2D eigenvalue weighted by atomic mass is 32.1. The Balaban J connectivity index is 1.86. The molecular weight excluding hydrogens is 298 g/mol. The molecule has 0 unspecified atom stereocenters. The zero-order valence-electron chi connectivity index (χ0n) is 13.4. The fourth-order valence-electron chi connectivity index (χ4n) is 2.95. The van der Waals surface area contributed by atoms with Crippen LogP contribution in [0.1, 0.15) is 36.5 Å². The molecule has 0 aromatic carbocycles. The molecule has 0 amide bonds. The molecular formula is C16H23N3O2S. The number of ether oxygens (including phenoxy) is 2. The molecule has 1 aliphatic rings. The van der Waals surface area contributed by atoms with E-state index in [2.05, 4.69) is 15.3 Å². The average molecular weight is 321 g/mol. The van der Waals surface area contributed by atoms with Crippen molar-refractivity contribution < 1.29 is 9.47 Å². The predicted octanol–water partition coefficient (Wildman–Crippen LogP) is 3.30. The highest BCUT2D eigenvalue weighted by Gasteiger charge is 2.22. The molecule has 0 radical (unpaired) electrons. The number of nitrogens with zero attached hydrogens (tertiary/aromatic N) is 2. The summed E-state index contributed by atoms with van der Waals surface area (Å²) in [5, 5.41) is 4.62. The first-order valence-corrected chi connectivity index (χ1v) is 8.80. The summed E-state index contributed by atoms with van der Waals surface area (Å²) < 4.78 is 11.2. The highest BCUT2D eigenvalue weighted by molar-refractivity contribution is 7.19. The van der Waals surface area contributed by atoms with Crippen LogP contribution in [-0.4, -0.2) is 36.0 Å². The Hall–Kier alpha value is -1.24. The molecule has 120 valence electrons. The van der Waals surface area contributed by atoms with Crippen LogP contribution >= 0.6 is 11.3 Å². The number of fused-ring (bicyclic) bond motifs is 3. The fourth-order valence-corrected chi connectivity index (χ4v) is 4.25. The van der Waals surface area contributed by atoms with Crippen LogP contribution in [0.3, 0.4) is 0 Å². The Morgan fingerprint density at radius 2 is 1.95 bits per heavy atom. The molecule has 0 spiro atoms. The first-order chi connectivity index (χ1) is 10.7. The SMILES string of the molecule is CCOC(CNc1nc(C)nc2sc3c(c12)CCC3)OCC. The zero-order valence-corrected chi connectivity index (χ0v) is 14.3. The molecule has 0 saturated carbocycles. The Morgan fingerprint density at radius 3 is 2.68 bits per heavy atom. The van der Waals surface area contributed by atoms with Crippen molar-refractivity contribution >= 4 is 27.4 Å². The number of aryl methyl sites for hydroxylation is 3. The van der Waals surface area contributed by atoms with Gasteiger partial charge in [-0.2, -0.15) is 0 Å². The summed E-state index contributed by atoms with van der Waals surface area (Å²) >= 11 is 1.82. The van der Waals surface area contributed by atoms with Crippen LogP contribution in [0.4, 0.5) is 5.82 Å². The van der Waals surface area contributed by atoms with E-state index < -0.39 is 0 Å². The number of anilines is 1. The summed E-state index contributed by atoms with van der Waals surface area (Å²) in [5.74, 6) is 1.73. The molecule has 0 aliphatic heterocycles. The van der Waals surface area contributed by atoms with Crippen LogP contribution in [0, 0.1) is 6.92 Å². The van der Waals surface area contributed by atoms with Gasteiger partial charge in [0.25, 0.3) is 0 Å². The maximum absolute atomic E-state index is 5.60. The van der Waals surface area contributed by atoms with Gasteiger partial charge in [0.1, 0.15) is 16.5 Å². The van der Waals surface area contributed by atoms with E-state index in [4.69, 9.17) is 9.47 Å². The van der Waals surface area contributed by atoms with Gasteiger partial charge in [0.05, 0.1) is 11.9 Å². The van der Waals surface area contributed by atoms with Crippen molar-refractivity contribution in [3.05, 3.63) is 16.3 Å². The van der Waals surface area contributed by atoms with Gasteiger partial charge in [0.15, 0.2) is 6.29 Å². The van der Waals surface area contributed by atoms with Crippen molar-refractivity contribution in [1.29, 1.82) is 0 Å². The molecule has 1 aliphatic carbocycles. The quantitative estimate of drug-likeness (QED) is 0.793. The maximum atomic E-state index is 5.60. The van der Waals surface area contributed by atoms with Crippen molar-refractivity contribution in [3.63, 3.8) is 0 Å². The molecule has 2 aromatic heterocycles. The Labute approximate surface area is 135 Å². The summed E-state index contributed by atoms with van der Waals surface area (Å²) in [5.41, 5.74) is 1.44. The second-order valence-corrected chi connectivity index (χ2v) is 6.46. The molecule has 3 rings (SSSR count). The lowest BCUT2D eigenvalue weighted by atomic mass is 10.2. The summed E-state index contributed by atoms with van der Waals surface area (Å²) in [7, 11) is 0. The monoisotopic (exact) mass is 321 g/mol. The molecule has 0 fully saturated rings. The number of nitrogens with one attached hydrogen (secondary N) is 1. The molecule has 6 heteroatoms. The van der Waals surface area contributed by atoms with Crippen molar-refractivity contribution in [1.82, 2.24) is 9.97 Å². The number of rotatable bonds is 7. The normalized spacial score (nSPS) is 14.0. The van der Waals surface area contributed by atoms with Gasteiger partial charge < -0.3 is 14.8 Å². The Bertz CT molecular complexity index is 650. The average Bonchev–Trinajstić information content (AvgIpc) is 3.04. The Kier molecular flexibility index (Phi) is 4.90. The zero-order chi connectivity index (χ0) is 15.5. The number of hydrogen-bond acceptors (Lipinski definition) is 6. The van der Waals surface area contributed by atoms with Gasteiger partial charge in [-0.15, -0.1) is 11.3 Å². The molecule has 22 heavy (non-hydrogen) atoms. The summed E-state index contributed by atoms with van der Waals surface area (Å²) in [6.07, 6.45) is 3.31. The number of hydrogen-bond donors (Lipinski definition) is 1. The minimum atomic E-state index is -0.244. The first-order valence-electron chi connectivity index (χ1n) is 7.98. The van der Waals surface area contributed by atoms with Gasteiger partial charge in [-0.3, -0.25) is 0 Å². The van der Waals surface area contributed by atoms with Gasteiger partial charge in [-0.1, -0.05) is 0 Å². The van der Waals surface area contributed by atoms with E-state index in [0.717, 1.165) is 22.9 Å². The fraction of sp³-hybridized carbons (Fsp3) is 0.625. The van der Waals surface area contributed by atoms with Crippen LogP contribution in [0.15, 0.2) is 0 Å². The van der Waals surface area contributed by atoms with Gasteiger partial charge in [0.2, 0.25) is 0 Å². The number of aromatic nitrogens is 2. The van der Waals surface area contributed by atoms with Crippen molar-refractivity contribution in [2.24, 2.45) is 0 Å². The van der Waals surface area contributed by atoms with Crippen molar-refractivity contribution in [3.8, 4) is 0 Å². The lowest BCUT2D eigenvalue weighted by Gasteiger charge is -2.18. The van der Waals surface area contributed by atoms with Crippen LogP contribution in [0.2, 0.25) is 0 Å². The second-order valence-electron chi connectivity index (χ2n) is 5.38. The smallest absolute Gasteiger partial charge is 0.174 e. The van der Waals surface area contributed by atoms with Crippen LogP contribution in [-0.2, 0) is 22.3 Å². The number of thiophene rings is 1. The van der Waals surface area contributed by atoms with E-state index in [1.54, 1.807) is 0 Å². The maximum Gasteiger partial charge on any atom is 0.174 e. The van der Waals surface area contributed by atoms with Crippen LogP contribution in [0.25, 0.3) is 10.2 Å². The van der Waals surface area contributed by atoms with E-state index >= 15 is 0 Å². The largest absolute Gasteiger partial charge is 0.364 e. The van der Waals surface area contributed by atoms with E-state index in [1.807, 2.05) is 32.1 Å². The van der Waals surface area contributed by atoms with Gasteiger partial charge in [-0.05, 0) is 45.6 Å².